The van der Waals surface area contributed by atoms with Crippen molar-refractivity contribution in [1.82, 2.24) is 0 Å². The lowest BCUT2D eigenvalue weighted by molar-refractivity contribution is 0.337. The van der Waals surface area contributed by atoms with Gasteiger partial charge in [-0.05, 0) is 84.4 Å². The molecule has 0 nitrogen and oxygen atoms in total. The van der Waals surface area contributed by atoms with Gasteiger partial charge in [0.05, 0.1) is 0 Å². The highest BCUT2D eigenvalue weighted by Gasteiger charge is 2.21. The summed E-state index contributed by atoms with van der Waals surface area (Å²) in [5.74, 6) is 1.57. The van der Waals surface area contributed by atoms with E-state index in [9.17, 15) is 0 Å². The van der Waals surface area contributed by atoms with Gasteiger partial charge in [-0.15, -0.1) is 0 Å². The second-order valence-electron chi connectivity index (χ2n) is 7.79. The van der Waals surface area contributed by atoms with E-state index in [-0.39, 0.29) is 2.85 Å². The predicted octanol–water partition coefficient (Wildman–Crippen LogP) is 7.61. The molecule has 0 aromatic heterocycles. The van der Waals surface area contributed by atoms with Gasteiger partial charge in [-0.1, -0.05) is 62.7 Å². The average Bonchev–Trinajstić information content (AvgIpc) is 2.59. The molecule has 0 saturated heterocycles. The topological polar surface area (TPSA) is 0 Å². The number of hydrogen-bond acceptors (Lipinski definition) is 0. The van der Waals surface area contributed by atoms with Gasteiger partial charge in [0.2, 0.25) is 0 Å². The smallest absolute Gasteiger partial charge is 0 e. The highest BCUT2D eigenvalue weighted by molar-refractivity contribution is 5.71. The molecule has 0 aliphatic heterocycles. The number of hydrogen-bond donors (Lipinski definition) is 0. The molecule has 0 spiro atoms. The molecule has 1 saturated carbocycles. The lowest BCUT2D eigenvalue weighted by Gasteiger charge is -2.28. The van der Waals surface area contributed by atoms with Gasteiger partial charge in [-0.25, -0.2) is 0 Å². The van der Waals surface area contributed by atoms with Crippen molar-refractivity contribution in [2.45, 2.75) is 53.4 Å². The number of benzene rings is 2. The van der Waals surface area contributed by atoms with E-state index in [1.54, 1.807) is 0 Å². The molecule has 1 aliphatic carbocycles. The molecule has 0 heteroatoms. The van der Waals surface area contributed by atoms with E-state index in [0.717, 1.165) is 5.92 Å². The first-order chi connectivity index (χ1) is 11.5. The van der Waals surface area contributed by atoms with Crippen LogP contribution in [-0.4, -0.2) is 0 Å². The minimum Gasteiger partial charge on any atom is -0.0950 e. The minimum atomic E-state index is 0. The second-order valence-corrected chi connectivity index (χ2v) is 7.79. The van der Waals surface area contributed by atoms with E-state index in [2.05, 4.69) is 70.7 Å². The molecule has 2 aromatic rings. The first kappa shape index (κ1) is 17.0. The zero-order valence-electron chi connectivity index (χ0n) is 15.7. The first-order valence-electron chi connectivity index (χ1n) is 9.33. The molecule has 0 heterocycles. The largest absolute Gasteiger partial charge is 0.0950 e. The number of rotatable bonds is 3. The average molecular weight is 323 g/mol. The fourth-order valence-electron chi connectivity index (χ4n) is 3.92. The van der Waals surface area contributed by atoms with Crippen LogP contribution < -0.4 is 0 Å². The van der Waals surface area contributed by atoms with E-state index < -0.39 is 0 Å². The second kappa shape index (κ2) is 6.97. The SMILES string of the molecule is C=C(c1ccc(-c2cc(C)c(C)c(C)c2)cc1)C1CCC(C)CC1.[HH].[HH]. The lowest BCUT2D eigenvalue weighted by atomic mass is 9.78. The lowest BCUT2D eigenvalue weighted by Crippen LogP contribution is -2.13. The molecule has 3 rings (SSSR count). The number of allylic oxidation sites excluding steroid dienone is 1. The van der Waals surface area contributed by atoms with Crippen LogP contribution >= 0.6 is 0 Å². The van der Waals surface area contributed by atoms with E-state index in [1.807, 2.05) is 0 Å². The first-order valence-corrected chi connectivity index (χ1v) is 9.33. The van der Waals surface area contributed by atoms with Crippen molar-refractivity contribution in [3.63, 3.8) is 0 Å². The zero-order valence-corrected chi connectivity index (χ0v) is 15.7. The third-order valence-electron chi connectivity index (χ3n) is 6.02. The molecule has 0 radical (unpaired) electrons. The predicted molar refractivity (Wildman–Crippen MR) is 110 cm³/mol. The van der Waals surface area contributed by atoms with Crippen LogP contribution in [0.5, 0.6) is 0 Å². The maximum absolute atomic E-state index is 4.42. The Balaban J connectivity index is 0.00000169. The molecule has 0 atom stereocenters. The van der Waals surface area contributed by atoms with Crippen LogP contribution in [0.3, 0.4) is 0 Å². The summed E-state index contributed by atoms with van der Waals surface area (Å²) in [4.78, 5) is 0. The van der Waals surface area contributed by atoms with Crippen LogP contribution in [-0.2, 0) is 0 Å². The summed E-state index contributed by atoms with van der Waals surface area (Å²) in [6, 6.07) is 13.6. The summed E-state index contributed by atoms with van der Waals surface area (Å²) in [5.41, 5.74) is 9.41. The standard InChI is InChI=1S/C24H30.2H2/c1-16-6-8-21(9-7-16)20(5)22-10-12-23(13-11-22)24-14-17(2)19(4)18(3)15-24;;/h10-16,21H,5-9H2,1-4H3;2*1H. The van der Waals surface area contributed by atoms with Crippen molar-refractivity contribution in [2.24, 2.45) is 11.8 Å². The molecule has 0 bridgehead atoms. The van der Waals surface area contributed by atoms with E-state index in [4.69, 9.17) is 0 Å². The van der Waals surface area contributed by atoms with E-state index in [0.29, 0.717) is 5.92 Å². The molecule has 0 unspecified atom stereocenters. The Morgan fingerprint density at radius 3 is 1.96 bits per heavy atom. The molecule has 0 N–H and O–H groups in total. The Bertz CT molecular complexity index is 712. The summed E-state index contributed by atoms with van der Waals surface area (Å²) >= 11 is 0. The van der Waals surface area contributed by atoms with Gasteiger partial charge < -0.3 is 0 Å². The Kier molecular flexibility index (Phi) is 4.94. The summed E-state index contributed by atoms with van der Waals surface area (Å²) in [6.45, 7) is 13.4. The Morgan fingerprint density at radius 2 is 1.42 bits per heavy atom. The molecule has 2 aromatic carbocycles. The van der Waals surface area contributed by atoms with Crippen LogP contribution in [0.15, 0.2) is 43.0 Å². The summed E-state index contributed by atoms with van der Waals surface area (Å²) in [5, 5.41) is 0. The van der Waals surface area contributed by atoms with Crippen LogP contribution in [0.2, 0.25) is 0 Å². The van der Waals surface area contributed by atoms with Crippen molar-refractivity contribution >= 4 is 5.57 Å². The highest BCUT2D eigenvalue weighted by atomic mass is 14.3. The fraction of sp³-hybridized carbons (Fsp3) is 0.417. The summed E-state index contributed by atoms with van der Waals surface area (Å²) in [6.07, 6.45) is 5.31. The molecular weight excluding hydrogens is 288 g/mol. The third-order valence-corrected chi connectivity index (χ3v) is 6.02. The third kappa shape index (κ3) is 3.48. The summed E-state index contributed by atoms with van der Waals surface area (Å²) in [7, 11) is 0. The quantitative estimate of drug-likeness (QED) is 0.545. The molecule has 0 amide bonds. The van der Waals surface area contributed by atoms with E-state index in [1.165, 1.54) is 64.6 Å². The van der Waals surface area contributed by atoms with Gasteiger partial charge in [0.1, 0.15) is 0 Å². The molecular formula is C24H34. The van der Waals surface area contributed by atoms with Crippen molar-refractivity contribution in [1.29, 1.82) is 0 Å². The Labute approximate surface area is 150 Å². The van der Waals surface area contributed by atoms with Crippen molar-refractivity contribution in [2.75, 3.05) is 0 Å². The van der Waals surface area contributed by atoms with Crippen LogP contribution in [0.25, 0.3) is 16.7 Å². The van der Waals surface area contributed by atoms with Gasteiger partial charge in [-0.3, -0.25) is 0 Å². The van der Waals surface area contributed by atoms with Crippen LogP contribution in [0, 0.1) is 32.6 Å². The van der Waals surface area contributed by atoms with Crippen molar-refractivity contribution in [3.05, 3.63) is 65.2 Å². The zero-order chi connectivity index (χ0) is 17.3. The van der Waals surface area contributed by atoms with E-state index >= 15 is 0 Å². The van der Waals surface area contributed by atoms with Gasteiger partial charge in [0, 0.05) is 2.85 Å². The van der Waals surface area contributed by atoms with Gasteiger partial charge in [0.25, 0.3) is 0 Å². The van der Waals surface area contributed by atoms with Gasteiger partial charge in [0.15, 0.2) is 0 Å². The molecule has 1 aliphatic rings. The maximum atomic E-state index is 4.42. The molecule has 1 fully saturated rings. The van der Waals surface area contributed by atoms with Gasteiger partial charge >= 0.3 is 0 Å². The fourth-order valence-corrected chi connectivity index (χ4v) is 3.92. The maximum Gasteiger partial charge on any atom is 0 e. The Morgan fingerprint density at radius 1 is 0.875 bits per heavy atom. The molecule has 24 heavy (non-hydrogen) atoms. The van der Waals surface area contributed by atoms with Gasteiger partial charge in [-0.2, -0.15) is 0 Å². The highest BCUT2D eigenvalue weighted by Crippen LogP contribution is 2.37. The minimum absolute atomic E-state index is 0. The Hall–Kier alpha value is -1.82. The van der Waals surface area contributed by atoms with Crippen molar-refractivity contribution < 1.29 is 2.85 Å². The van der Waals surface area contributed by atoms with Crippen LogP contribution in [0.4, 0.5) is 0 Å². The monoisotopic (exact) mass is 322 g/mol. The molecule has 130 valence electrons. The van der Waals surface area contributed by atoms with Crippen molar-refractivity contribution in [3.8, 4) is 11.1 Å². The normalized spacial score (nSPS) is 20.8. The van der Waals surface area contributed by atoms with Crippen LogP contribution in [0.1, 0.15) is 57.7 Å². The number of aryl methyl sites for hydroxylation is 2. The summed E-state index contributed by atoms with van der Waals surface area (Å²) < 4.78 is 0.